The lowest BCUT2D eigenvalue weighted by molar-refractivity contribution is 0.304. The smallest absolute Gasteiger partial charge is 0.218 e. The van der Waals surface area contributed by atoms with Crippen LogP contribution >= 0.6 is 0 Å². The standard InChI is InChI=1S/C14H22N2O2S/c1-16(14-9-5-8-13(14)10-15)19(17,18)11-12-6-3-2-4-7-12/h2-4,6-7,13-14H,5,8-11,15H2,1H3. The minimum Gasteiger partial charge on any atom is -0.330 e. The Labute approximate surface area is 115 Å². The van der Waals surface area contributed by atoms with Crippen LogP contribution in [0.5, 0.6) is 0 Å². The summed E-state index contributed by atoms with van der Waals surface area (Å²) >= 11 is 0. The van der Waals surface area contributed by atoms with Crippen molar-refractivity contribution >= 4 is 10.0 Å². The second kappa shape index (κ2) is 6.03. The first kappa shape index (κ1) is 14.5. The fourth-order valence-electron chi connectivity index (χ4n) is 2.86. The van der Waals surface area contributed by atoms with E-state index in [0.29, 0.717) is 12.5 Å². The van der Waals surface area contributed by atoms with Gasteiger partial charge in [-0.3, -0.25) is 0 Å². The number of nitrogens with two attached hydrogens (primary N) is 1. The van der Waals surface area contributed by atoms with Gasteiger partial charge < -0.3 is 5.73 Å². The van der Waals surface area contributed by atoms with E-state index in [1.165, 1.54) is 0 Å². The molecular formula is C14H22N2O2S. The lowest BCUT2D eigenvalue weighted by Crippen LogP contribution is -2.41. The van der Waals surface area contributed by atoms with Crippen LogP contribution < -0.4 is 5.73 Å². The molecule has 1 aliphatic carbocycles. The summed E-state index contributed by atoms with van der Waals surface area (Å²) in [6.45, 7) is 0.565. The first-order valence-electron chi connectivity index (χ1n) is 6.74. The molecule has 2 unspecified atom stereocenters. The summed E-state index contributed by atoms with van der Waals surface area (Å²) in [6.07, 6.45) is 3.02. The summed E-state index contributed by atoms with van der Waals surface area (Å²) in [5.74, 6) is 0.369. The second-order valence-corrected chi connectivity index (χ2v) is 7.28. The minimum atomic E-state index is -3.26. The Morgan fingerprint density at radius 1 is 1.26 bits per heavy atom. The summed E-state index contributed by atoms with van der Waals surface area (Å²) < 4.78 is 26.4. The zero-order valence-corrected chi connectivity index (χ0v) is 12.1. The van der Waals surface area contributed by atoms with E-state index in [1.54, 1.807) is 11.4 Å². The van der Waals surface area contributed by atoms with Crippen molar-refractivity contribution in [3.63, 3.8) is 0 Å². The van der Waals surface area contributed by atoms with Gasteiger partial charge in [0.25, 0.3) is 0 Å². The summed E-state index contributed by atoms with van der Waals surface area (Å²) in [5.41, 5.74) is 6.57. The fourth-order valence-corrected chi connectivity index (χ4v) is 4.37. The third-order valence-electron chi connectivity index (χ3n) is 4.02. The Morgan fingerprint density at radius 2 is 1.95 bits per heavy atom. The quantitative estimate of drug-likeness (QED) is 0.891. The van der Waals surface area contributed by atoms with Crippen LogP contribution in [-0.2, 0) is 15.8 Å². The van der Waals surface area contributed by atoms with Crippen LogP contribution in [0.2, 0.25) is 0 Å². The highest BCUT2D eigenvalue weighted by molar-refractivity contribution is 7.88. The molecule has 0 amide bonds. The van der Waals surface area contributed by atoms with Gasteiger partial charge in [0.05, 0.1) is 5.75 Å². The lowest BCUT2D eigenvalue weighted by atomic mass is 10.0. The molecular weight excluding hydrogens is 260 g/mol. The van der Waals surface area contributed by atoms with Crippen molar-refractivity contribution in [1.29, 1.82) is 0 Å². The van der Waals surface area contributed by atoms with Crippen molar-refractivity contribution in [3.05, 3.63) is 35.9 Å². The van der Waals surface area contributed by atoms with Crippen molar-refractivity contribution < 1.29 is 8.42 Å². The molecule has 0 spiro atoms. The molecule has 0 heterocycles. The van der Waals surface area contributed by atoms with Gasteiger partial charge in [0.2, 0.25) is 10.0 Å². The highest BCUT2D eigenvalue weighted by Gasteiger charge is 2.34. The van der Waals surface area contributed by atoms with Gasteiger partial charge in [-0.15, -0.1) is 0 Å². The molecule has 2 rings (SSSR count). The molecule has 2 N–H and O–H groups in total. The number of rotatable bonds is 5. The van der Waals surface area contributed by atoms with E-state index in [-0.39, 0.29) is 11.8 Å². The molecule has 2 atom stereocenters. The van der Waals surface area contributed by atoms with Crippen molar-refractivity contribution in [3.8, 4) is 0 Å². The van der Waals surface area contributed by atoms with Crippen LogP contribution in [0, 0.1) is 5.92 Å². The summed E-state index contributed by atoms with van der Waals surface area (Å²) in [6, 6.07) is 9.38. The Balaban J connectivity index is 2.11. The van der Waals surface area contributed by atoms with Gasteiger partial charge >= 0.3 is 0 Å². The molecule has 19 heavy (non-hydrogen) atoms. The fraction of sp³-hybridized carbons (Fsp3) is 0.571. The predicted molar refractivity (Wildman–Crippen MR) is 77.0 cm³/mol. The molecule has 5 heteroatoms. The molecule has 4 nitrogen and oxygen atoms in total. The van der Waals surface area contributed by atoms with Gasteiger partial charge in [-0.25, -0.2) is 12.7 Å². The van der Waals surface area contributed by atoms with Crippen molar-refractivity contribution in [2.24, 2.45) is 11.7 Å². The molecule has 0 aliphatic heterocycles. The molecule has 0 bridgehead atoms. The minimum absolute atomic E-state index is 0.0676. The Bertz CT molecular complexity index is 501. The topological polar surface area (TPSA) is 63.4 Å². The molecule has 1 fully saturated rings. The number of hydrogen-bond donors (Lipinski definition) is 1. The average Bonchev–Trinajstić information content (AvgIpc) is 2.86. The van der Waals surface area contributed by atoms with Crippen LogP contribution in [0.4, 0.5) is 0 Å². The first-order valence-corrected chi connectivity index (χ1v) is 8.35. The predicted octanol–water partition coefficient (Wildman–Crippen LogP) is 1.58. The van der Waals surface area contributed by atoms with Gasteiger partial charge in [0.1, 0.15) is 0 Å². The van der Waals surface area contributed by atoms with Crippen LogP contribution in [0.3, 0.4) is 0 Å². The zero-order chi connectivity index (χ0) is 13.9. The Kier molecular flexibility index (Phi) is 4.60. The Hall–Kier alpha value is -0.910. The maximum absolute atomic E-state index is 12.4. The van der Waals surface area contributed by atoms with E-state index >= 15 is 0 Å². The van der Waals surface area contributed by atoms with Crippen molar-refractivity contribution in [1.82, 2.24) is 4.31 Å². The zero-order valence-electron chi connectivity index (χ0n) is 11.3. The van der Waals surface area contributed by atoms with Gasteiger partial charge in [0.15, 0.2) is 0 Å². The molecule has 0 saturated heterocycles. The number of sulfonamides is 1. The summed E-state index contributed by atoms with van der Waals surface area (Å²) in [5, 5.41) is 0. The molecule has 106 valence electrons. The third-order valence-corrected chi connectivity index (χ3v) is 5.87. The second-order valence-electron chi connectivity index (χ2n) is 5.25. The van der Waals surface area contributed by atoms with Crippen molar-refractivity contribution in [2.45, 2.75) is 31.1 Å². The van der Waals surface area contributed by atoms with Crippen molar-refractivity contribution in [2.75, 3.05) is 13.6 Å². The maximum Gasteiger partial charge on any atom is 0.218 e. The van der Waals surface area contributed by atoms with Crippen LogP contribution in [0.15, 0.2) is 30.3 Å². The normalized spacial score (nSPS) is 23.9. The lowest BCUT2D eigenvalue weighted by Gasteiger charge is -2.28. The summed E-state index contributed by atoms with van der Waals surface area (Å²) in [7, 11) is -1.57. The highest BCUT2D eigenvalue weighted by atomic mass is 32.2. The first-order chi connectivity index (χ1) is 9.04. The van der Waals surface area contributed by atoms with Gasteiger partial charge in [0, 0.05) is 13.1 Å². The molecule has 0 aromatic heterocycles. The van der Waals surface area contributed by atoms with E-state index in [0.717, 1.165) is 24.8 Å². The van der Waals surface area contributed by atoms with E-state index in [4.69, 9.17) is 5.73 Å². The number of benzene rings is 1. The van der Waals surface area contributed by atoms with Gasteiger partial charge in [-0.05, 0) is 30.9 Å². The molecule has 1 aromatic carbocycles. The maximum atomic E-state index is 12.4. The average molecular weight is 282 g/mol. The van der Waals surface area contributed by atoms with Gasteiger partial charge in [-0.1, -0.05) is 36.8 Å². The molecule has 1 aromatic rings. The van der Waals surface area contributed by atoms with Gasteiger partial charge in [-0.2, -0.15) is 0 Å². The largest absolute Gasteiger partial charge is 0.330 e. The van der Waals surface area contributed by atoms with E-state index in [9.17, 15) is 8.42 Å². The van der Waals surface area contributed by atoms with E-state index < -0.39 is 10.0 Å². The molecule has 1 saturated carbocycles. The Morgan fingerprint density at radius 3 is 2.58 bits per heavy atom. The monoisotopic (exact) mass is 282 g/mol. The SMILES string of the molecule is CN(C1CCCC1CN)S(=O)(=O)Cc1ccccc1. The molecule has 0 radical (unpaired) electrons. The van der Waals surface area contributed by atoms with E-state index in [2.05, 4.69) is 0 Å². The van der Waals surface area contributed by atoms with Crippen LogP contribution in [-0.4, -0.2) is 32.4 Å². The molecule has 1 aliphatic rings. The highest BCUT2D eigenvalue weighted by Crippen LogP contribution is 2.30. The van der Waals surface area contributed by atoms with Crippen LogP contribution in [0.25, 0.3) is 0 Å². The van der Waals surface area contributed by atoms with Crippen LogP contribution in [0.1, 0.15) is 24.8 Å². The number of nitrogens with zero attached hydrogens (tertiary/aromatic N) is 1. The third kappa shape index (κ3) is 3.35. The summed E-state index contributed by atoms with van der Waals surface area (Å²) in [4.78, 5) is 0. The number of hydrogen-bond acceptors (Lipinski definition) is 3. The van der Waals surface area contributed by atoms with E-state index in [1.807, 2.05) is 30.3 Å².